The second-order valence-electron chi connectivity index (χ2n) is 0.600. The first kappa shape index (κ1) is 29.6. The second-order valence-corrected chi connectivity index (χ2v) is 1.80. The third kappa shape index (κ3) is 94.5. The molecule has 4 nitrogen and oxygen atoms in total. The van der Waals surface area contributed by atoms with Crippen molar-refractivity contribution in [1.29, 1.82) is 0 Å². The quantitative estimate of drug-likeness (QED) is 0.323. The molecule has 0 saturated carbocycles. The predicted octanol–water partition coefficient (Wildman–Crippen LogP) is -5.63. The van der Waals surface area contributed by atoms with Crippen LogP contribution >= 0.6 is 0 Å². The van der Waals surface area contributed by atoms with Crippen molar-refractivity contribution in [2.45, 2.75) is 0 Å². The maximum atomic E-state index is 7.33. The monoisotopic (exact) mass is 250 g/mol. The molecule has 0 amide bonds. The molecule has 0 aliphatic rings. The van der Waals surface area contributed by atoms with Crippen molar-refractivity contribution in [3.05, 3.63) is 0 Å². The van der Waals surface area contributed by atoms with Crippen molar-refractivity contribution in [3.63, 3.8) is 0 Å². The van der Waals surface area contributed by atoms with E-state index in [-0.39, 0.29) is 95.2 Å². The molecular formula is H11AlCaFeMgO4Si. The second kappa shape index (κ2) is 13.7. The Labute approximate surface area is 121 Å². The fraction of sp³-hybridized carbons (Fsp3) is 0. The Morgan fingerprint density at radius 2 is 0.889 bits per heavy atom. The van der Waals surface area contributed by atoms with Crippen molar-refractivity contribution in [2.75, 3.05) is 0 Å². The maximum absolute atomic E-state index is 7.33. The smallest absolute Gasteiger partial charge is 0 e. The Bertz CT molecular complexity index is 36.0. The minimum Gasteiger partial charge on any atom is 0 e. The van der Waals surface area contributed by atoms with E-state index in [1.54, 1.807) is 0 Å². The van der Waals surface area contributed by atoms with Crippen LogP contribution in [0.3, 0.4) is 0 Å². The first-order valence-corrected chi connectivity index (χ1v) is 2.68. The van der Waals surface area contributed by atoms with Crippen LogP contribution in [-0.4, -0.2) is 106 Å². The standard InChI is InChI=1S/Al.Ca.Fe.Mg.H4O4Si.7H/c;;;;1-5(2,3)4;;;;;;;/h;;;;1-4H;;;;;;;. The van der Waals surface area contributed by atoms with Crippen molar-refractivity contribution >= 4 is 87.2 Å². The van der Waals surface area contributed by atoms with Crippen molar-refractivity contribution in [1.82, 2.24) is 0 Å². The van der Waals surface area contributed by atoms with Gasteiger partial charge in [-0.1, -0.05) is 0 Å². The van der Waals surface area contributed by atoms with Gasteiger partial charge >= 0.3 is 69.8 Å². The number of rotatable bonds is 0. The summed E-state index contributed by atoms with van der Waals surface area (Å²) in [7, 11) is -4.61. The minimum atomic E-state index is -4.61. The normalized spacial score (nSPS) is 6.67. The molecule has 0 aliphatic carbocycles. The van der Waals surface area contributed by atoms with Crippen LogP contribution in [0.5, 0.6) is 0 Å². The summed E-state index contributed by atoms with van der Waals surface area (Å²) in [5, 5.41) is 0. The van der Waals surface area contributed by atoms with Crippen LogP contribution in [0.25, 0.3) is 0 Å². The Kier molecular flexibility index (Phi) is 45.0. The fourth-order valence-electron chi connectivity index (χ4n) is 0. The van der Waals surface area contributed by atoms with Gasteiger partial charge in [0.2, 0.25) is 0 Å². The molecule has 0 radical (unpaired) electrons. The molecule has 0 bridgehead atoms. The first-order chi connectivity index (χ1) is 2.00. The van der Waals surface area contributed by atoms with Gasteiger partial charge in [-0.05, 0) is 0 Å². The maximum Gasteiger partial charge on any atom is 0.316 e. The molecule has 0 heterocycles. The van der Waals surface area contributed by atoms with Crippen LogP contribution in [0.1, 0.15) is 0 Å². The van der Waals surface area contributed by atoms with E-state index in [0.29, 0.717) is 0 Å². The molecule has 4 N–H and O–H groups in total. The van der Waals surface area contributed by atoms with Crippen molar-refractivity contribution in [3.8, 4) is 0 Å². The molecule has 0 aliphatic heterocycles. The number of hydrogen-bond acceptors (Lipinski definition) is 4. The summed E-state index contributed by atoms with van der Waals surface area (Å²) < 4.78 is 0. The van der Waals surface area contributed by atoms with Gasteiger partial charge in [-0.2, -0.15) is 0 Å². The van der Waals surface area contributed by atoms with Crippen LogP contribution in [0.4, 0.5) is 0 Å². The van der Waals surface area contributed by atoms with E-state index in [4.69, 9.17) is 19.2 Å². The SMILES string of the molecule is O[Si](O)(O)O.[AlH3].[CaH2].[Fe].[MgH2]. The average Bonchev–Trinajstić information content (AvgIpc) is 0.722. The Morgan fingerprint density at radius 3 is 0.889 bits per heavy atom. The van der Waals surface area contributed by atoms with Gasteiger partial charge in [-0.15, -0.1) is 0 Å². The fourth-order valence-corrected chi connectivity index (χ4v) is 0. The average molecular weight is 250 g/mol. The summed E-state index contributed by atoms with van der Waals surface area (Å²) in [6.45, 7) is 0. The van der Waals surface area contributed by atoms with Gasteiger partial charge < -0.3 is 19.2 Å². The summed E-state index contributed by atoms with van der Waals surface area (Å²) in [5.74, 6) is 0. The van der Waals surface area contributed by atoms with E-state index in [9.17, 15) is 0 Å². The summed E-state index contributed by atoms with van der Waals surface area (Å²) >= 11 is 0. The van der Waals surface area contributed by atoms with Crippen LogP contribution in [0.2, 0.25) is 0 Å². The van der Waals surface area contributed by atoms with Gasteiger partial charge in [0.1, 0.15) is 0 Å². The van der Waals surface area contributed by atoms with Gasteiger partial charge in [0, 0.05) is 17.1 Å². The van der Waals surface area contributed by atoms with Gasteiger partial charge in [0.15, 0.2) is 17.4 Å². The van der Waals surface area contributed by atoms with Crippen molar-refractivity contribution in [2.24, 2.45) is 0 Å². The zero-order valence-corrected chi connectivity index (χ0v) is 4.75. The Balaban J connectivity index is -0.0000000133. The minimum absolute atomic E-state index is 0. The van der Waals surface area contributed by atoms with E-state index in [1.807, 2.05) is 0 Å². The summed E-state index contributed by atoms with van der Waals surface area (Å²) in [6, 6.07) is 0. The molecule has 0 fully saturated rings. The molecule has 0 unspecified atom stereocenters. The third-order valence-corrected chi connectivity index (χ3v) is 0. The molecule has 0 rings (SSSR count). The van der Waals surface area contributed by atoms with E-state index in [0.717, 1.165) is 0 Å². The molecule has 54 valence electrons. The van der Waals surface area contributed by atoms with E-state index >= 15 is 0 Å². The predicted molar refractivity (Wildman–Crippen MR) is 41.7 cm³/mol. The van der Waals surface area contributed by atoms with Gasteiger partial charge in [-0.3, -0.25) is 0 Å². The summed E-state index contributed by atoms with van der Waals surface area (Å²) in [6.07, 6.45) is 0. The Hall–Kier alpha value is 3.13. The van der Waals surface area contributed by atoms with E-state index in [2.05, 4.69) is 0 Å². The van der Waals surface area contributed by atoms with Gasteiger partial charge in [0.05, 0.1) is 0 Å². The van der Waals surface area contributed by atoms with E-state index in [1.165, 1.54) is 0 Å². The van der Waals surface area contributed by atoms with Crippen molar-refractivity contribution < 1.29 is 36.3 Å². The topological polar surface area (TPSA) is 80.9 Å². The summed E-state index contributed by atoms with van der Waals surface area (Å²) in [5.41, 5.74) is 0. The van der Waals surface area contributed by atoms with Crippen LogP contribution < -0.4 is 0 Å². The zero-order valence-electron chi connectivity index (χ0n) is 2.64. The largest absolute Gasteiger partial charge is 0.316 e. The molecule has 0 aromatic carbocycles. The van der Waals surface area contributed by atoms with Crippen LogP contribution in [0.15, 0.2) is 0 Å². The molecule has 0 spiro atoms. The van der Waals surface area contributed by atoms with Gasteiger partial charge in [-0.25, -0.2) is 0 Å². The van der Waals surface area contributed by atoms with Gasteiger partial charge in [0.25, 0.3) is 0 Å². The summed E-state index contributed by atoms with van der Waals surface area (Å²) in [4.78, 5) is 29.3. The molecular weight excluding hydrogens is 239 g/mol. The number of hydrogen-bond donors (Lipinski definition) is 4. The molecule has 0 aromatic heterocycles. The van der Waals surface area contributed by atoms with Crippen LogP contribution in [0, 0.1) is 0 Å². The molecule has 9 heteroatoms. The van der Waals surface area contributed by atoms with Crippen LogP contribution in [-0.2, 0) is 17.1 Å². The van der Waals surface area contributed by atoms with E-state index < -0.39 is 9.05 Å². The third-order valence-electron chi connectivity index (χ3n) is 0. The molecule has 0 saturated heterocycles. The molecule has 9 heavy (non-hydrogen) atoms. The zero-order chi connectivity index (χ0) is 4.50. The molecule has 0 atom stereocenters. The molecule has 0 aromatic rings. The Morgan fingerprint density at radius 1 is 0.889 bits per heavy atom. The first-order valence-electron chi connectivity index (χ1n) is 0.894.